The van der Waals surface area contributed by atoms with Gasteiger partial charge in [0.05, 0.1) is 4.08 Å². The summed E-state index contributed by atoms with van der Waals surface area (Å²) < 4.78 is 0.585. The number of rotatable bonds is 1. The zero-order chi connectivity index (χ0) is 8.44. The average molecular weight is 200 g/mol. The molecule has 2 rings (SSSR count). The Morgan fingerprint density at radius 1 is 1.17 bits per heavy atom. The molecule has 1 aliphatic carbocycles. The van der Waals surface area contributed by atoms with Crippen LogP contribution in [0.15, 0.2) is 12.7 Å². The third kappa shape index (κ3) is 1.69. The van der Waals surface area contributed by atoms with Gasteiger partial charge >= 0.3 is 0 Å². The topological polar surface area (TPSA) is 0 Å². The van der Waals surface area contributed by atoms with Crippen molar-refractivity contribution in [3.63, 3.8) is 0 Å². The van der Waals surface area contributed by atoms with Crippen molar-refractivity contribution in [3.05, 3.63) is 12.7 Å². The molecule has 2 aliphatic rings. The summed E-state index contributed by atoms with van der Waals surface area (Å²) in [5.41, 5.74) is 0. The number of hydrogen-bond acceptors (Lipinski definition) is 2. The molecule has 0 nitrogen and oxygen atoms in total. The van der Waals surface area contributed by atoms with E-state index in [1.165, 1.54) is 37.2 Å². The van der Waals surface area contributed by atoms with Crippen molar-refractivity contribution < 1.29 is 0 Å². The van der Waals surface area contributed by atoms with Crippen LogP contribution in [-0.4, -0.2) is 15.6 Å². The molecular formula is C10H16S2. The Labute approximate surface area is 83.6 Å². The summed E-state index contributed by atoms with van der Waals surface area (Å²) in [6.07, 6.45) is 7.83. The quantitative estimate of drug-likeness (QED) is 0.594. The Morgan fingerprint density at radius 2 is 1.83 bits per heavy atom. The normalized spacial score (nSPS) is 33.8. The Kier molecular flexibility index (Phi) is 2.75. The zero-order valence-corrected chi connectivity index (χ0v) is 9.05. The lowest BCUT2D eigenvalue weighted by molar-refractivity contribution is 0.780. The molecule has 1 spiro atoms. The monoisotopic (exact) mass is 200 g/mol. The van der Waals surface area contributed by atoms with Gasteiger partial charge in [-0.1, -0.05) is 12.5 Å². The van der Waals surface area contributed by atoms with Gasteiger partial charge in [-0.25, -0.2) is 0 Å². The van der Waals surface area contributed by atoms with E-state index in [1.807, 2.05) is 0 Å². The van der Waals surface area contributed by atoms with Crippen LogP contribution in [0.5, 0.6) is 0 Å². The SMILES string of the molecule is C=CC1CC12SCCCCCS2. The lowest BCUT2D eigenvalue weighted by Crippen LogP contribution is -2.06. The first-order valence-corrected chi connectivity index (χ1v) is 6.75. The second-order valence-electron chi connectivity index (χ2n) is 3.62. The van der Waals surface area contributed by atoms with Gasteiger partial charge in [-0.15, -0.1) is 30.1 Å². The van der Waals surface area contributed by atoms with Crippen LogP contribution in [0.1, 0.15) is 25.7 Å². The van der Waals surface area contributed by atoms with Crippen molar-refractivity contribution in [1.82, 2.24) is 0 Å². The van der Waals surface area contributed by atoms with Gasteiger partial charge < -0.3 is 0 Å². The Balaban J connectivity index is 1.91. The molecule has 0 aromatic rings. The molecule has 1 heterocycles. The van der Waals surface area contributed by atoms with Gasteiger partial charge in [0.15, 0.2) is 0 Å². The Bertz CT molecular complexity index is 169. The van der Waals surface area contributed by atoms with E-state index in [0.29, 0.717) is 4.08 Å². The summed E-state index contributed by atoms with van der Waals surface area (Å²) in [7, 11) is 0. The molecule has 68 valence electrons. The van der Waals surface area contributed by atoms with E-state index < -0.39 is 0 Å². The predicted octanol–water partition coefficient (Wildman–Crippen LogP) is 3.54. The van der Waals surface area contributed by atoms with E-state index in [2.05, 4.69) is 36.2 Å². The largest absolute Gasteiger partial charge is 0.144 e. The number of allylic oxidation sites excluding steroid dienone is 1. The summed E-state index contributed by atoms with van der Waals surface area (Å²) in [5.74, 6) is 3.56. The van der Waals surface area contributed by atoms with Gasteiger partial charge in [-0.3, -0.25) is 0 Å². The summed E-state index contributed by atoms with van der Waals surface area (Å²) in [6, 6.07) is 0. The van der Waals surface area contributed by atoms with Crippen LogP contribution >= 0.6 is 23.5 Å². The zero-order valence-electron chi connectivity index (χ0n) is 7.42. The van der Waals surface area contributed by atoms with Crippen LogP contribution in [0.4, 0.5) is 0 Å². The Morgan fingerprint density at radius 3 is 2.33 bits per heavy atom. The first-order chi connectivity index (χ1) is 5.87. The molecule has 1 atom stereocenters. The second kappa shape index (κ2) is 3.67. The molecule has 2 heteroatoms. The lowest BCUT2D eigenvalue weighted by atomic mass is 10.3. The van der Waals surface area contributed by atoms with Gasteiger partial charge in [0, 0.05) is 5.92 Å². The fourth-order valence-corrected chi connectivity index (χ4v) is 5.19. The highest BCUT2D eigenvalue weighted by atomic mass is 32.2. The highest BCUT2D eigenvalue weighted by Gasteiger charge is 2.53. The van der Waals surface area contributed by atoms with Crippen LogP contribution < -0.4 is 0 Å². The van der Waals surface area contributed by atoms with Crippen molar-refractivity contribution in [2.45, 2.75) is 29.8 Å². The van der Waals surface area contributed by atoms with Gasteiger partial charge in [0.2, 0.25) is 0 Å². The lowest BCUT2D eigenvalue weighted by Gasteiger charge is -2.18. The van der Waals surface area contributed by atoms with Crippen LogP contribution in [0.25, 0.3) is 0 Å². The van der Waals surface area contributed by atoms with E-state index >= 15 is 0 Å². The molecule has 2 fully saturated rings. The molecule has 1 saturated heterocycles. The minimum atomic E-state index is 0.585. The smallest absolute Gasteiger partial charge is 0.0680 e. The third-order valence-corrected chi connectivity index (χ3v) is 6.28. The minimum Gasteiger partial charge on any atom is -0.144 e. The maximum Gasteiger partial charge on any atom is 0.0680 e. The molecule has 0 amide bonds. The molecule has 0 aromatic carbocycles. The highest BCUT2D eigenvalue weighted by Crippen LogP contribution is 2.63. The number of thioether (sulfide) groups is 2. The van der Waals surface area contributed by atoms with E-state index in [-0.39, 0.29) is 0 Å². The van der Waals surface area contributed by atoms with E-state index in [9.17, 15) is 0 Å². The van der Waals surface area contributed by atoms with Crippen molar-refractivity contribution in [2.75, 3.05) is 11.5 Å². The van der Waals surface area contributed by atoms with Crippen LogP contribution in [0, 0.1) is 5.92 Å². The first-order valence-electron chi connectivity index (χ1n) is 4.78. The molecule has 0 radical (unpaired) electrons. The second-order valence-corrected chi connectivity index (χ2v) is 6.73. The van der Waals surface area contributed by atoms with Crippen molar-refractivity contribution in [3.8, 4) is 0 Å². The Hall–Kier alpha value is 0.440. The van der Waals surface area contributed by atoms with Crippen molar-refractivity contribution in [1.29, 1.82) is 0 Å². The maximum atomic E-state index is 3.90. The molecule has 1 aliphatic heterocycles. The fourth-order valence-electron chi connectivity index (χ4n) is 1.75. The predicted molar refractivity (Wildman–Crippen MR) is 59.8 cm³/mol. The van der Waals surface area contributed by atoms with Crippen molar-refractivity contribution in [2.24, 2.45) is 5.92 Å². The van der Waals surface area contributed by atoms with Crippen LogP contribution in [0.3, 0.4) is 0 Å². The molecule has 0 bridgehead atoms. The standard InChI is InChI=1S/C10H16S2/c1-2-9-8-10(9)11-6-4-3-5-7-12-10/h2,9H,1,3-8H2. The molecule has 0 N–H and O–H groups in total. The van der Waals surface area contributed by atoms with E-state index in [4.69, 9.17) is 0 Å². The highest BCUT2D eigenvalue weighted by molar-refractivity contribution is 8.18. The maximum absolute atomic E-state index is 3.90. The van der Waals surface area contributed by atoms with Gasteiger partial charge in [-0.2, -0.15) is 0 Å². The third-order valence-electron chi connectivity index (χ3n) is 2.68. The van der Waals surface area contributed by atoms with E-state index in [0.717, 1.165) is 5.92 Å². The number of hydrogen-bond donors (Lipinski definition) is 0. The van der Waals surface area contributed by atoms with Gasteiger partial charge in [0.25, 0.3) is 0 Å². The summed E-state index contributed by atoms with van der Waals surface area (Å²) in [5, 5.41) is 0. The summed E-state index contributed by atoms with van der Waals surface area (Å²) in [4.78, 5) is 0. The first kappa shape index (κ1) is 9.01. The average Bonchev–Trinajstić information content (AvgIpc) is 2.73. The van der Waals surface area contributed by atoms with Gasteiger partial charge in [-0.05, 0) is 30.8 Å². The molecule has 12 heavy (non-hydrogen) atoms. The summed E-state index contributed by atoms with van der Waals surface area (Å²) >= 11 is 4.38. The van der Waals surface area contributed by atoms with Crippen molar-refractivity contribution >= 4 is 23.5 Å². The molecule has 1 saturated carbocycles. The van der Waals surface area contributed by atoms with Crippen LogP contribution in [-0.2, 0) is 0 Å². The molecule has 1 unspecified atom stereocenters. The molecular weight excluding hydrogens is 184 g/mol. The summed E-state index contributed by atoms with van der Waals surface area (Å²) in [6.45, 7) is 3.90. The van der Waals surface area contributed by atoms with Crippen LogP contribution in [0.2, 0.25) is 0 Å². The van der Waals surface area contributed by atoms with Gasteiger partial charge in [0.1, 0.15) is 0 Å². The minimum absolute atomic E-state index is 0.585. The van der Waals surface area contributed by atoms with E-state index in [1.54, 1.807) is 0 Å². The fraction of sp³-hybridized carbons (Fsp3) is 0.800. The molecule has 0 aromatic heterocycles.